The summed E-state index contributed by atoms with van der Waals surface area (Å²) in [6.07, 6.45) is 1.77. The molecule has 144 valence electrons. The molecule has 27 heavy (non-hydrogen) atoms. The van der Waals surface area contributed by atoms with Gasteiger partial charge in [-0.15, -0.1) is 0 Å². The Labute approximate surface area is 162 Å². The number of aliphatic hydroxyl groups excluding tert-OH is 2. The van der Waals surface area contributed by atoms with Crippen molar-refractivity contribution in [2.24, 2.45) is 0 Å². The Morgan fingerprint density at radius 3 is 2.52 bits per heavy atom. The van der Waals surface area contributed by atoms with Crippen molar-refractivity contribution in [1.82, 2.24) is 10.6 Å². The fourth-order valence-electron chi connectivity index (χ4n) is 2.28. The topological polar surface area (TPSA) is 112 Å². The molecule has 1 aromatic carbocycles. The predicted molar refractivity (Wildman–Crippen MR) is 104 cm³/mol. The van der Waals surface area contributed by atoms with Crippen LogP contribution in [0.15, 0.2) is 59.2 Å². The molecule has 1 unspecified atom stereocenters. The van der Waals surface area contributed by atoms with Gasteiger partial charge in [-0.1, -0.05) is 30.3 Å². The molecule has 3 atom stereocenters. The number of amides is 2. The van der Waals surface area contributed by atoms with Gasteiger partial charge in [-0.05, 0) is 23.8 Å². The monoisotopic (exact) mass is 390 g/mol. The Morgan fingerprint density at radius 2 is 1.89 bits per heavy atom. The molecule has 4 N–H and O–H groups in total. The van der Waals surface area contributed by atoms with E-state index in [-0.39, 0.29) is 12.3 Å². The first-order chi connectivity index (χ1) is 13.0. The van der Waals surface area contributed by atoms with Gasteiger partial charge in [-0.3, -0.25) is 9.59 Å². The summed E-state index contributed by atoms with van der Waals surface area (Å²) < 4.78 is 5.07. The van der Waals surface area contributed by atoms with Crippen LogP contribution in [0.1, 0.15) is 17.4 Å². The van der Waals surface area contributed by atoms with E-state index >= 15 is 0 Å². The molecule has 1 heterocycles. The van der Waals surface area contributed by atoms with Crippen molar-refractivity contribution in [3.05, 3.63) is 66.1 Å². The maximum atomic E-state index is 12.1. The maximum Gasteiger partial charge on any atom is 0.251 e. The lowest BCUT2D eigenvalue weighted by Gasteiger charge is -2.22. The van der Waals surface area contributed by atoms with E-state index in [1.165, 1.54) is 18.4 Å². The normalized spacial score (nSPS) is 14.5. The van der Waals surface area contributed by atoms with Gasteiger partial charge < -0.3 is 25.3 Å². The highest BCUT2D eigenvalue weighted by molar-refractivity contribution is 7.80. The molecule has 0 saturated heterocycles. The number of benzene rings is 1. The molecular weight excluding hydrogens is 368 g/mol. The first-order valence-corrected chi connectivity index (χ1v) is 8.96. The fraction of sp³-hybridized carbons (Fsp3) is 0.263. The molecule has 0 aliphatic heterocycles. The van der Waals surface area contributed by atoms with E-state index < -0.39 is 30.1 Å². The van der Waals surface area contributed by atoms with Crippen LogP contribution in [0.4, 0.5) is 0 Å². The van der Waals surface area contributed by atoms with E-state index in [1.54, 1.807) is 36.4 Å². The number of hydrogen-bond donors (Lipinski definition) is 5. The summed E-state index contributed by atoms with van der Waals surface area (Å²) in [5.41, 5.74) is 0.648. The summed E-state index contributed by atoms with van der Waals surface area (Å²) in [5, 5.41) is 25.2. The summed E-state index contributed by atoms with van der Waals surface area (Å²) in [7, 11) is 0. The molecule has 2 amide bonds. The first kappa shape index (κ1) is 20.8. The molecule has 0 fully saturated rings. The van der Waals surface area contributed by atoms with E-state index in [9.17, 15) is 19.8 Å². The Balaban J connectivity index is 1.84. The second kappa shape index (κ2) is 10.6. The standard InChI is InChI=1S/C19H22N2O5S/c22-16(13-5-2-1-3-6-13)11-20-19(25)18(24)15(12-27)21-17(23)9-8-14-7-4-10-26-14/h1-10,15-16,18,22,24,27H,11-12H2,(H,20,25)(H,21,23)/b9-8+/t15-,16?,18+/m0/s1. The summed E-state index contributed by atoms with van der Waals surface area (Å²) in [6, 6.07) is 11.3. The highest BCUT2D eigenvalue weighted by Gasteiger charge is 2.26. The summed E-state index contributed by atoms with van der Waals surface area (Å²) in [4.78, 5) is 24.0. The average molecular weight is 390 g/mol. The Bertz CT molecular complexity index is 749. The van der Waals surface area contributed by atoms with Gasteiger partial charge in [-0.25, -0.2) is 0 Å². The van der Waals surface area contributed by atoms with Crippen LogP contribution >= 0.6 is 12.6 Å². The summed E-state index contributed by atoms with van der Waals surface area (Å²) in [5.74, 6) is -0.655. The lowest BCUT2D eigenvalue weighted by atomic mass is 10.1. The average Bonchev–Trinajstić information content (AvgIpc) is 3.22. The highest BCUT2D eigenvalue weighted by Crippen LogP contribution is 2.10. The van der Waals surface area contributed by atoms with Crippen LogP contribution in [-0.2, 0) is 9.59 Å². The smallest absolute Gasteiger partial charge is 0.251 e. The molecule has 2 aromatic rings. The van der Waals surface area contributed by atoms with Crippen LogP contribution in [0.3, 0.4) is 0 Å². The lowest BCUT2D eigenvalue weighted by Crippen LogP contribution is -2.51. The van der Waals surface area contributed by atoms with Crippen molar-refractivity contribution in [2.75, 3.05) is 12.3 Å². The van der Waals surface area contributed by atoms with E-state index in [0.717, 1.165) is 0 Å². The van der Waals surface area contributed by atoms with Crippen molar-refractivity contribution in [1.29, 1.82) is 0 Å². The van der Waals surface area contributed by atoms with Gasteiger partial charge in [0.05, 0.1) is 18.4 Å². The Morgan fingerprint density at radius 1 is 1.15 bits per heavy atom. The lowest BCUT2D eigenvalue weighted by molar-refractivity contribution is -0.131. The molecule has 0 radical (unpaired) electrons. The third-order valence-corrected chi connectivity index (χ3v) is 4.16. The SMILES string of the molecule is O=C(/C=C/c1ccco1)N[C@@H](CS)[C@@H](O)C(=O)NCC(O)c1ccccc1. The van der Waals surface area contributed by atoms with Gasteiger partial charge in [0.15, 0.2) is 6.10 Å². The molecule has 0 spiro atoms. The molecular formula is C19H22N2O5S. The predicted octanol–water partition coefficient (Wildman–Crippen LogP) is 0.918. The number of hydrogen-bond acceptors (Lipinski definition) is 6. The number of nitrogens with one attached hydrogen (secondary N) is 2. The van der Waals surface area contributed by atoms with Crippen LogP contribution in [0.2, 0.25) is 0 Å². The van der Waals surface area contributed by atoms with Crippen molar-refractivity contribution in [3.63, 3.8) is 0 Å². The zero-order chi connectivity index (χ0) is 19.6. The number of rotatable bonds is 9. The van der Waals surface area contributed by atoms with Crippen LogP contribution in [-0.4, -0.2) is 46.5 Å². The summed E-state index contributed by atoms with van der Waals surface area (Å²) in [6.45, 7) is -0.0639. The van der Waals surface area contributed by atoms with E-state index in [2.05, 4.69) is 23.3 Å². The molecule has 2 rings (SSSR count). The van der Waals surface area contributed by atoms with Crippen LogP contribution < -0.4 is 10.6 Å². The number of furan rings is 1. The molecule has 8 heteroatoms. The first-order valence-electron chi connectivity index (χ1n) is 8.33. The Kier molecular flexibility index (Phi) is 8.12. The zero-order valence-corrected chi connectivity index (χ0v) is 15.4. The molecule has 0 aliphatic rings. The third-order valence-electron chi connectivity index (χ3n) is 3.77. The van der Waals surface area contributed by atoms with Gasteiger partial charge in [-0.2, -0.15) is 12.6 Å². The van der Waals surface area contributed by atoms with Gasteiger partial charge in [0, 0.05) is 18.4 Å². The van der Waals surface area contributed by atoms with Crippen LogP contribution in [0.25, 0.3) is 6.08 Å². The van der Waals surface area contributed by atoms with Crippen molar-refractivity contribution >= 4 is 30.5 Å². The van der Waals surface area contributed by atoms with Gasteiger partial charge in [0.2, 0.25) is 5.91 Å². The van der Waals surface area contributed by atoms with Gasteiger partial charge >= 0.3 is 0 Å². The minimum absolute atomic E-state index is 0.0517. The van der Waals surface area contributed by atoms with Crippen molar-refractivity contribution < 1.29 is 24.2 Å². The zero-order valence-electron chi connectivity index (χ0n) is 14.5. The molecule has 0 saturated carbocycles. The summed E-state index contributed by atoms with van der Waals surface area (Å²) >= 11 is 4.07. The van der Waals surface area contributed by atoms with Crippen molar-refractivity contribution in [2.45, 2.75) is 18.2 Å². The van der Waals surface area contributed by atoms with Crippen LogP contribution in [0.5, 0.6) is 0 Å². The second-order valence-electron chi connectivity index (χ2n) is 5.76. The number of carbonyl (C=O) groups is 2. The molecule has 0 bridgehead atoms. The fourth-order valence-corrected chi connectivity index (χ4v) is 2.57. The Hall–Kier alpha value is -2.55. The number of aliphatic hydroxyl groups is 2. The molecule has 7 nitrogen and oxygen atoms in total. The van der Waals surface area contributed by atoms with E-state index in [4.69, 9.17) is 4.42 Å². The maximum absolute atomic E-state index is 12.1. The number of carbonyl (C=O) groups excluding carboxylic acids is 2. The minimum atomic E-state index is -1.51. The highest BCUT2D eigenvalue weighted by atomic mass is 32.1. The number of thiol groups is 1. The van der Waals surface area contributed by atoms with Crippen LogP contribution in [0, 0.1) is 0 Å². The largest absolute Gasteiger partial charge is 0.465 e. The second-order valence-corrected chi connectivity index (χ2v) is 6.13. The van der Waals surface area contributed by atoms with E-state index in [1.807, 2.05) is 6.07 Å². The molecule has 1 aromatic heterocycles. The quantitative estimate of drug-likeness (QED) is 0.323. The van der Waals surface area contributed by atoms with Crippen molar-refractivity contribution in [3.8, 4) is 0 Å². The van der Waals surface area contributed by atoms with Gasteiger partial charge in [0.25, 0.3) is 5.91 Å². The minimum Gasteiger partial charge on any atom is -0.465 e. The third kappa shape index (κ3) is 6.59. The van der Waals surface area contributed by atoms with Gasteiger partial charge in [0.1, 0.15) is 5.76 Å². The molecule has 0 aliphatic carbocycles. The van der Waals surface area contributed by atoms with E-state index in [0.29, 0.717) is 11.3 Å².